The van der Waals surface area contributed by atoms with Crippen molar-refractivity contribution in [2.24, 2.45) is 0 Å². The lowest BCUT2D eigenvalue weighted by atomic mass is 9.95. The van der Waals surface area contributed by atoms with E-state index in [9.17, 15) is 0 Å². The van der Waals surface area contributed by atoms with Gasteiger partial charge in [-0.15, -0.1) is 0 Å². The number of benzene rings is 1. The summed E-state index contributed by atoms with van der Waals surface area (Å²) in [5.74, 6) is 2.86. The Bertz CT molecular complexity index is 601. The number of ether oxygens (including phenoxy) is 1. The maximum absolute atomic E-state index is 5.81. The first-order valence-electron chi connectivity index (χ1n) is 7.52. The fraction of sp³-hybridized carbons (Fsp3) is 0.444. The number of nitrogens with one attached hydrogen (secondary N) is 1. The molecule has 0 bridgehead atoms. The van der Waals surface area contributed by atoms with Crippen LogP contribution in [0.4, 0.5) is 0 Å². The molecular formula is C18H25NO2. The number of methoxy groups -OCH3 is 1. The van der Waals surface area contributed by atoms with E-state index in [1.165, 1.54) is 16.7 Å². The molecule has 0 aliphatic rings. The van der Waals surface area contributed by atoms with Crippen LogP contribution >= 0.6 is 0 Å². The van der Waals surface area contributed by atoms with Gasteiger partial charge < -0.3 is 14.5 Å². The van der Waals surface area contributed by atoms with Crippen molar-refractivity contribution in [3.8, 4) is 5.75 Å². The van der Waals surface area contributed by atoms with Gasteiger partial charge in [0.25, 0.3) is 0 Å². The Hall–Kier alpha value is -1.74. The van der Waals surface area contributed by atoms with E-state index in [1.807, 2.05) is 26.0 Å². The van der Waals surface area contributed by atoms with Gasteiger partial charge in [0.1, 0.15) is 17.3 Å². The molecule has 1 atom stereocenters. The Morgan fingerprint density at radius 3 is 2.52 bits per heavy atom. The lowest BCUT2D eigenvalue weighted by Gasteiger charge is -2.20. The molecule has 1 aromatic heterocycles. The van der Waals surface area contributed by atoms with E-state index in [4.69, 9.17) is 9.15 Å². The van der Waals surface area contributed by atoms with Crippen LogP contribution in [0.25, 0.3) is 0 Å². The SMILES string of the molecule is CCCNC(c1cccc(OC)c1)c1c(C)oc(C)c1C. The molecule has 0 fully saturated rings. The first kappa shape index (κ1) is 15.6. The highest BCUT2D eigenvalue weighted by Crippen LogP contribution is 2.32. The Morgan fingerprint density at radius 1 is 1.19 bits per heavy atom. The van der Waals surface area contributed by atoms with Crippen LogP contribution in [0.15, 0.2) is 28.7 Å². The molecule has 0 saturated heterocycles. The van der Waals surface area contributed by atoms with Crippen molar-refractivity contribution in [3.05, 3.63) is 52.5 Å². The molecule has 2 rings (SSSR count). The molecule has 21 heavy (non-hydrogen) atoms. The van der Waals surface area contributed by atoms with E-state index in [0.717, 1.165) is 30.2 Å². The Balaban J connectivity index is 2.46. The maximum Gasteiger partial charge on any atom is 0.119 e. The number of hydrogen-bond donors (Lipinski definition) is 1. The third kappa shape index (κ3) is 3.30. The molecule has 0 aliphatic carbocycles. The molecule has 0 spiro atoms. The normalized spacial score (nSPS) is 12.4. The summed E-state index contributed by atoms with van der Waals surface area (Å²) in [6, 6.07) is 8.37. The van der Waals surface area contributed by atoms with E-state index in [1.54, 1.807) is 7.11 Å². The van der Waals surface area contributed by atoms with Gasteiger partial charge in [-0.1, -0.05) is 19.1 Å². The minimum atomic E-state index is 0.137. The van der Waals surface area contributed by atoms with Gasteiger partial charge in [0.05, 0.1) is 13.2 Å². The van der Waals surface area contributed by atoms with Gasteiger partial charge in [0.15, 0.2) is 0 Å². The topological polar surface area (TPSA) is 34.4 Å². The molecule has 0 amide bonds. The fourth-order valence-electron chi connectivity index (χ4n) is 2.73. The summed E-state index contributed by atoms with van der Waals surface area (Å²) in [7, 11) is 1.70. The maximum atomic E-state index is 5.81. The van der Waals surface area contributed by atoms with Crippen molar-refractivity contribution in [1.29, 1.82) is 0 Å². The molecule has 1 unspecified atom stereocenters. The first-order chi connectivity index (χ1) is 10.1. The zero-order valence-electron chi connectivity index (χ0n) is 13.6. The summed E-state index contributed by atoms with van der Waals surface area (Å²) in [6.07, 6.45) is 1.09. The second-order valence-electron chi connectivity index (χ2n) is 5.42. The van der Waals surface area contributed by atoms with E-state index < -0.39 is 0 Å². The molecule has 0 radical (unpaired) electrons. The van der Waals surface area contributed by atoms with Gasteiger partial charge in [-0.25, -0.2) is 0 Å². The van der Waals surface area contributed by atoms with Crippen molar-refractivity contribution in [3.63, 3.8) is 0 Å². The highest BCUT2D eigenvalue weighted by Gasteiger charge is 2.22. The Kier molecular flexibility index (Phi) is 5.07. The molecule has 114 valence electrons. The monoisotopic (exact) mass is 287 g/mol. The van der Waals surface area contributed by atoms with Crippen LogP contribution in [-0.2, 0) is 0 Å². The number of hydrogen-bond acceptors (Lipinski definition) is 3. The fourth-order valence-corrected chi connectivity index (χ4v) is 2.73. The zero-order chi connectivity index (χ0) is 15.4. The van der Waals surface area contributed by atoms with Crippen LogP contribution in [0.1, 0.15) is 47.6 Å². The van der Waals surface area contributed by atoms with Crippen molar-refractivity contribution >= 4 is 0 Å². The highest BCUT2D eigenvalue weighted by atomic mass is 16.5. The smallest absolute Gasteiger partial charge is 0.119 e. The van der Waals surface area contributed by atoms with Crippen LogP contribution in [-0.4, -0.2) is 13.7 Å². The summed E-state index contributed by atoms with van der Waals surface area (Å²) >= 11 is 0. The average Bonchev–Trinajstić information content (AvgIpc) is 2.74. The molecule has 3 nitrogen and oxygen atoms in total. The second-order valence-corrected chi connectivity index (χ2v) is 5.42. The molecule has 3 heteroatoms. The lowest BCUT2D eigenvalue weighted by Crippen LogP contribution is -2.24. The summed E-state index contributed by atoms with van der Waals surface area (Å²) in [6.45, 7) is 9.33. The molecule has 0 saturated carbocycles. The van der Waals surface area contributed by atoms with Crippen molar-refractivity contribution in [2.75, 3.05) is 13.7 Å². The van der Waals surface area contributed by atoms with Crippen LogP contribution < -0.4 is 10.1 Å². The Morgan fingerprint density at radius 2 is 1.95 bits per heavy atom. The highest BCUT2D eigenvalue weighted by molar-refractivity contribution is 5.42. The third-order valence-electron chi connectivity index (χ3n) is 3.93. The van der Waals surface area contributed by atoms with Crippen LogP contribution in [0.5, 0.6) is 5.75 Å². The minimum absolute atomic E-state index is 0.137. The summed E-state index contributed by atoms with van der Waals surface area (Å²) in [5.41, 5.74) is 3.67. The second kappa shape index (κ2) is 6.81. The van der Waals surface area contributed by atoms with Crippen LogP contribution in [0.2, 0.25) is 0 Å². The quantitative estimate of drug-likeness (QED) is 0.860. The molecule has 2 aromatic rings. The van der Waals surface area contributed by atoms with Crippen LogP contribution in [0.3, 0.4) is 0 Å². The third-order valence-corrected chi connectivity index (χ3v) is 3.93. The standard InChI is InChI=1S/C18H25NO2/c1-6-10-19-18(15-8-7-9-16(11-15)20-5)17-12(2)13(3)21-14(17)4/h7-9,11,18-19H,6,10H2,1-5H3. The minimum Gasteiger partial charge on any atom is -0.497 e. The molecule has 1 heterocycles. The number of aryl methyl sites for hydroxylation is 2. The molecule has 1 aromatic carbocycles. The van der Waals surface area contributed by atoms with E-state index in [2.05, 4.69) is 31.3 Å². The van der Waals surface area contributed by atoms with E-state index in [0.29, 0.717) is 0 Å². The largest absolute Gasteiger partial charge is 0.497 e. The first-order valence-corrected chi connectivity index (χ1v) is 7.52. The van der Waals surface area contributed by atoms with E-state index in [-0.39, 0.29) is 6.04 Å². The van der Waals surface area contributed by atoms with Gasteiger partial charge in [-0.2, -0.15) is 0 Å². The predicted molar refractivity (Wildman–Crippen MR) is 86.0 cm³/mol. The average molecular weight is 287 g/mol. The van der Waals surface area contributed by atoms with Gasteiger partial charge in [-0.3, -0.25) is 0 Å². The molecule has 1 N–H and O–H groups in total. The summed E-state index contributed by atoms with van der Waals surface area (Å²) in [4.78, 5) is 0. The lowest BCUT2D eigenvalue weighted by molar-refractivity contribution is 0.413. The van der Waals surface area contributed by atoms with Crippen molar-refractivity contribution in [2.45, 2.75) is 40.2 Å². The summed E-state index contributed by atoms with van der Waals surface area (Å²) in [5, 5.41) is 3.63. The predicted octanol–water partition coefficient (Wildman–Crippen LogP) is 4.30. The number of furan rings is 1. The zero-order valence-corrected chi connectivity index (χ0v) is 13.6. The van der Waals surface area contributed by atoms with E-state index >= 15 is 0 Å². The van der Waals surface area contributed by atoms with Gasteiger partial charge in [0, 0.05) is 5.56 Å². The molecule has 0 aliphatic heterocycles. The van der Waals surface area contributed by atoms with Gasteiger partial charge in [-0.05, 0) is 57.0 Å². The van der Waals surface area contributed by atoms with Crippen LogP contribution in [0, 0.1) is 20.8 Å². The molecular weight excluding hydrogens is 262 g/mol. The Labute approximate surface area is 127 Å². The number of rotatable bonds is 6. The van der Waals surface area contributed by atoms with Gasteiger partial charge >= 0.3 is 0 Å². The van der Waals surface area contributed by atoms with Crippen molar-refractivity contribution in [1.82, 2.24) is 5.32 Å². The van der Waals surface area contributed by atoms with Crippen molar-refractivity contribution < 1.29 is 9.15 Å². The van der Waals surface area contributed by atoms with Gasteiger partial charge in [0.2, 0.25) is 0 Å². The summed E-state index contributed by atoms with van der Waals surface area (Å²) < 4.78 is 11.2.